The highest BCUT2D eigenvalue weighted by Crippen LogP contribution is 2.25. The fourth-order valence-electron chi connectivity index (χ4n) is 3.03. The van der Waals surface area contributed by atoms with Gasteiger partial charge in [-0.25, -0.2) is 14.8 Å². The Morgan fingerprint density at radius 2 is 1.58 bits per heavy atom. The van der Waals surface area contributed by atoms with Crippen molar-refractivity contribution in [2.45, 2.75) is 0 Å². The molecule has 0 spiro atoms. The van der Waals surface area contributed by atoms with Crippen molar-refractivity contribution in [2.75, 3.05) is 16.5 Å². The number of nitrogens with one attached hydrogen (secondary N) is 3. The van der Waals surface area contributed by atoms with Crippen molar-refractivity contribution >= 4 is 45.7 Å². The molecule has 0 atom stereocenters. The van der Waals surface area contributed by atoms with Crippen LogP contribution in [0.1, 0.15) is 20.7 Å². The standard InChI is InChI=1S/C22H18N6O3/c23-18-19(26-15-10-8-14(9-11-15)22(30)31)24-12-25-20(18)27-28-21(29)17-7-3-5-13-4-1-2-6-16(13)17/h1-12H,23H2,(H,28,29)(H,30,31)(H2,24,25,26,27). The zero-order chi connectivity index (χ0) is 21.8. The number of nitrogens with two attached hydrogens (primary N) is 1. The van der Waals surface area contributed by atoms with E-state index in [1.807, 2.05) is 36.4 Å². The van der Waals surface area contributed by atoms with Crippen LogP contribution in [0.5, 0.6) is 0 Å². The van der Waals surface area contributed by atoms with Gasteiger partial charge in [0.1, 0.15) is 12.0 Å². The van der Waals surface area contributed by atoms with Gasteiger partial charge in [0, 0.05) is 11.3 Å². The summed E-state index contributed by atoms with van der Waals surface area (Å²) in [6.07, 6.45) is 1.29. The molecule has 31 heavy (non-hydrogen) atoms. The molecule has 0 aliphatic carbocycles. The van der Waals surface area contributed by atoms with Gasteiger partial charge in [-0.3, -0.25) is 15.6 Å². The molecule has 0 saturated carbocycles. The minimum atomic E-state index is -1.01. The largest absolute Gasteiger partial charge is 0.478 e. The molecule has 0 aliphatic rings. The Kier molecular flexibility index (Phi) is 5.31. The summed E-state index contributed by atoms with van der Waals surface area (Å²) in [5.74, 6) is -0.830. The summed E-state index contributed by atoms with van der Waals surface area (Å²) in [4.78, 5) is 31.8. The lowest BCUT2D eigenvalue weighted by Crippen LogP contribution is -2.30. The topological polar surface area (TPSA) is 142 Å². The third-order valence-corrected chi connectivity index (χ3v) is 4.61. The lowest BCUT2D eigenvalue weighted by atomic mass is 10.0. The lowest BCUT2D eigenvalue weighted by molar-refractivity contribution is 0.0696. The van der Waals surface area contributed by atoms with E-state index in [9.17, 15) is 9.59 Å². The van der Waals surface area contributed by atoms with Crippen LogP contribution >= 0.6 is 0 Å². The molecule has 154 valence electrons. The van der Waals surface area contributed by atoms with E-state index in [2.05, 4.69) is 26.1 Å². The van der Waals surface area contributed by atoms with Crippen LogP contribution in [-0.4, -0.2) is 27.0 Å². The summed E-state index contributed by atoms with van der Waals surface area (Å²) in [6.45, 7) is 0. The number of hydrazine groups is 1. The van der Waals surface area contributed by atoms with Gasteiger partial charge in [0.15, 0.2) is 11.6 Å². The lowest BCUT2D eigenvalue weighted by Gasteiger charge is -2.14. The molecule has 0 fully saturated rings. The summed E-state index contributed by atoms with van der Waals surface area (Å²) in [6, 6.07) is 19.2. The number of nitrogens with zero attached hydrogens (tertiary/aromatic N) is 2. The molecule has 0 radical (unpaired) electrons. The van der Waals surface area contributed by atoms with E-state index in [4.69, 9.17) is 10.8 Å². The van der Waals surface area contributed by atoms with E-state index in [0.717, 1.165) is 10.8 Å². The number of carbonyl (C=O) groups is 2. The molecule has 0 aliphatic heterocycles. The summed E-state index contributed by atoms with van der Waals surface area (Å²) in [5.41, 5.74) is 12.9. The van der Waals surface area contributed by atoms with Crippen LogP contribution in [-0.2, 0) is 0 Å². The van der Waals surface area contributed by atoms with Gasteiger partial charge in [-0.1, -0.05) is 36.4 Å². The Hall–Kier alpha value is -4.66. The monoisotopic (exact) mass is 414 g/mol. The number of fused-ring (bicyclic) bond motifs is 1. The molecule has 0 unspecified atom stereocenters. The van der Waals surface area contributed by atoms with Gasteiger partial charge in [0.05, 0.1) is 5.56 Å². The highest BCUT2D eigenvalue weighted by Gasteiger charge is 2.12. The number of aromatic carboxylic acids is 1. The second kappa shape index (κ2) is 8.37. The summed E-state index contributed by atoms with van der Waals surface area (Å²) < 4.78 is 0. The fraction of sp³-hybridized carbons (Fsp3) is 0. The molecule has 1 aromatic heterocycles. The number of carboxylic acid groups (broad SMARTS) is 1. The van der Waals surface area contributed by atoms with Crippen LogP contribution in [0.3, 0.4) is 0 Å². The Labute approximate surface area is 176 Å². The maximum absolute atomic E-state index is 12.7. The first-order valence-corrected chi connectivity index (χ1v) is 9.28. The van der Waals surface area contributed by atoms with Gasteiger partial charge in [-0.05, 0) is 41.1 Å². The van der Waals surface area contributed by atoms with Gasteiger partial charge in [-0.2, -0.15) is 0 Å². The van der Waals surface area contributed by atoms with Crippen LogP contribution in [0.25, 0.3) is 10.8 Å². The summed E-state index contributed by atoms with van der Waals surface area (Å²) >= 11 is 0. The van der Waals surface area contributed by atoms with E-state index in [1.165, 1.54) is 18.5 Å². The van der Waals surface area contributed by atoms with Crippen LogP contribution in [0.15, 0.2) is 73.1 Å². The summed E-state index contributed by atoms with van der Waals surface area (Å²) in [5, 5.41) is 13.8. The predicted octanol–water partition coefficient (Wildman–Crippen LogP) is 3.41. The zero-order valence-electron chi connectivity index (χ0n) is 16.2. The number of aromatic nitrogens is 2. The highest BCUT2D eigenvalue weighted by molar-refractivity contribution is 6.07. The molecule has 9 nitrogen and oxygen atoms in total. The molecular weight excluding hydrogens is 396 g/mol. The molecule has 0 saturated heterocycles. The number of amides is 1. The van der Waals surface area contributed by atoms with Gasteiger partial charge < -0.3 is 16.2 Å². The number of carbonyl (C=O) groups excluding carboxylic acids is 1. The average Bonchev–Trinajstić information content (AvgIpc) is 2.79. The SMILES string of the molecule is Nc1c(NNC(=O)c2cccc3ccccc23)ncnc1Nc1ccc(C(=O)O)cc1. The average molecular weight is 414 g/mol. The van der Waals surface area contributed by atoms with E-state index < -0.39 is 5.97 Å². The van der Waals surface area contributed by atoms with Gasteiger partial charge in [-0.15, -0.1) is 0 Å². The number of anilines is 4. The number of hydrogen-bond donors (Lipinski definition) is 5. The molecule has 0 bridgehead atoms. The molecule has 9 heteroatoms. The molecular formula is C22H18N6O3. The predicted molar refractivity (Wildman–Crippen MR) is 118 cm³/mol. The maximum Gasteiger partial charge on any atom is 0.335 e. The zero-order valence-corrected chi connectivity index (χ0v) is 16.2. The fourth-order valence-corrected chi connectivity index (χ4v) is 3.03. The van der Waals surface area contributed by atoms with Crippen molar-refractivity contribution in [1.29, 1.82) is 0 Å². The molecule has 3 aromatic carbocycles. The minimum absolute atomic E-state index is 0.166. The van der Waals surface area contributed by atoms with Crippen LogP contribution < -0.4 is 21.9 Å². The van der Waals surface area contributed by atoms with Crippen LogP contribution in [0.2, 0.25) is 0 Å². The molecule has 4 aromatic rings. The molecule has 1 amide bonds. The van der Waals surface area contributed by atoms with E-state index in [1.54, 1.807) is 18.2 Å². The normalized spacial score (nSPS) is 10.5. The first kappa shape index (κ1) is 19.6. The van der Waals surface area contributed by atoms with Crippen molar-refractivity contribution in [3.05, 3.63) is 84.2 Å². The van der Waals surface area contributed by atoms with Gasteiger partial charge in [0.2, 0.25) is 0 Å². The number of nitrogen functional groups attached to an aromatic ring is 1. The van der Waals surface area contributed by atoms with Gasteiger partial charge in [0.25, 0.3) is 5.91 Å². The highest BCUT2D eigenvalue weighted by atomic mass is 16.4. The summed E-state index contributed by atoms with van der Waals surface area (Å²) in [7, 11) is 0. The molecule has 6 N–H and O–H groups in total. The first-order valence-electron chi connectivity index (χ1n) is 9.28. The molecule has 4 rings (SSSR count). The van der Waals surface area contributed by atoms with Crippen molar-refractivity contribution in [1.82, 2.24) is 15.4 Å². The van der Waals surface area contributed by atoms with Crippen molar-refractivity contribution in [3.8, 4) is 0 Å². The van der Waals surface area contributed by atoms with E-state index in [-0.39, 0.29) is 23.0 Å². The Balaban J connectivity index is 1.49. The Bertz CT molecular complexity index is 1270. The van der Waals surface area contributed by atoms with Crippen molar-refractivity contribution < 1.29 is 14.7 Å². The Morgan fingerprint density at radius 1 is 0.871 bits per heavy atom. The number of benzene rings is 3. The second-order valence-corrected chi connectivity index (χ2v) is 6.60. The van der Waals surface area contributed by atoms with Crippen molar-refractivity contribution in [3.63, 3.8) is 0 Å². The van der Waals surface area contributed by atoms with Gasteiger partial charge >= 0.3 is 5.97 Å². The first-order chi connectivity index (χ1) is 15.0. The van der Waals surface area contributed by atoms with Crippen LogP contribution in [0, 0.1) is 0 Å². The number of hydrogen-bond acceptors (Lipinski definition) is 7. The molecule has 1 heterocycles. The minimum Gasteiger partial charge on any atom is -0.478 e. The Morgan fingerprint density at radius 3 is 2.35 bits per heavy atom. The third kappa shape index (κ3) is 4.20. The van der Waals surface area contributed by atoms with E-state index >= 15 is 0 Å². The third-order valence-electron chi connectivity index (χ3n) is 4.61. The van der Waals surface area contributed by atoms with E-state index in [0.29, 0.717) is 17.1 Å². The van der Waals surface area contributed by atoms with Crippen molar-refractivity contribution in [2.24, 2.45) is 0 Å². The maximum atomic E-state index is 12.7. The van der Waals surface area contributed by atoms with Crippen LogP contribution in [0.4, 0.5) is 23.0 Å². The number of rotatable bonds is 6. The second-order valence-electron chi connectivity index (χ2n) is 6.60. The quantitative estimate of drug-likeness (QED) is 0.302. The number of carboxylic acids is 1. The smallest absolute Gasteiger partial charge is 0.335 e.